The molecule has 0 saturated heterocycles. The Kier molecular flexibility index (Phi) is 6.44. The number of aliphatic imine (C=N–C) groups is 1. The van der Waals surface area contributed by atoms with Crippen molar-refractivity contribution in [3.05, 3.63) is 58.3 Å². The van der Waals surface area contributed by atoms with E-state index in [1.807, 2.05) is 6.07 Å². The van der Waals surface area contributed by atoms with Crippen molar-refractivity contribution in [2.24, 2.45) is 16.5 Å². The SMILES string of the molecule is CC(C)(I)c1cc2cn(-c3ccc(C(=O)NCCCN=C(N)N)cc3)c(=O)nc2[nH]1. The van der Waals surface area contributed by atoms with Crippen LogP contribution in [0.5, 0.6) is 0 Å². The third-order valence-electron chi connectivity index (χ3n) is 4.47. The van der Waals surface area contributed by atoms with Crippen LogP contribution >= 0.6 is 22.6 Å². The zero-order valence-corrected chi connectivity index (χ0v) is 18.9. The Balaban J connectivity index is 1.75. The lowest BCUT2D eigenvalue weighted by Gasteiger charge is -2.12. The molecule has 0 radical (unpaired) electrons. The zero-order chi connectivity index (χ0) is 21.9. The normalized spacial score (nSPS) is 11.4. The minimum absolute atomic E-state index is 0.0358. The Morgan fingerprint density at radius 1 is 1.30 bits per heavy atom. The fourth-order valence-corrected chi connectivity index (χ4v) is 3.15. The first-order valence-electron chi connectivity index (χ1n) is 9.41. The van der Waals surface area contributed by atoms with Crippen LogP contribution in [-0.2, 0) is 3.42 Å². The highest BCUT2D eigenvalue weighted by atomic mass is 127. The van der Waals surface area contributed by atoms with Crippen molar-refractivity contribution in [3.8, 4) is 5.69 Å². The highest BCUT2D eigenvalue weighted by molar-refractivity contribution is 14.1. The number of rotatable bonds is 7. The van der Waals surface area contributed by atoms with Gasteiger partial charge in [0.1, 0.15) is 5.65 Å². The molecule has 0 spiro atoms. The van der Waals surface area contributed by atoms with Gasteiger partial charge in [-0.25, -0.2) is 4.79 Å². The van der Waals surface area contributed by atoms with Gasteiger partial charge in [0.2, 0.25) is 0 Å². The number of carbonyl (C=O) groups is 1. The van der Waals surface area contributed by atoms with Crippen molar-refractivity contribution in [2.75, 3.05) is 13.1 Å². The van der Waals surface area contributed by atoms with Crippen LogP contribution in [0.15, 0.2) is 46.3 Å². The molecule has 0 unspecified atom stereocenters. The van der Waals surface area contributed by atoms with E-state index in [-0.39, 0.29) is 21.0 Å². The van der Waals surface area contributed by atoms with Crippen LogP contribution in [0.3, 0.4) is 0 Å². The molecule has 1 aromatic carbocycles. The van der Waals surface area contributed by atoms with Crippen molar-refractivity contribution in [1.29, 1.82) is 0 Å². The Morgan fingerprint density at radius 3 is 2.63 bits per heavy atom. The van der Waals surface area contributed by atoms with Gasteiger partial charge >= 0.3 is 5.69 Å². The smallest absolute Gasteiger partial charge is 0.354 e. The number of nitrogens with two attached hydrogens (primary N) is 2. The van der Waals surface area contributed by atoms with Crippen LogP contribution in [0, 0.1) is 0 Å². The van der Waals surface area contributed by atoms with Crippen LogP contribution in [0.1, 0.15) is 36.3 Å². The molecule has 30 heavy (non-hydrogen) atoms. The van der Waals surface area contributed by atoms with E-state index in [0.717, 1.165) is 11.1 Å². The molecule has 0 aliphatic heterocycles. The number of carbonyl (C=O) groups excluding carboxylic acids is 1. The van der Waals surface area contributed by atoms with Crippen molar-refractivity contribution in [3.63, 3.8) is 0 Å². The summed E-state index contributed by atoms with van der Waals surface area (Å²) in [7, 11) is 0. The van der Waals surface area contributed by atoms with E-state index in [2.05, 4.69) is 56.7 Å². The van der Waals surface area contributed by atoms with E-state index in [1.54, 1.807) is 30.5 Å². The minimum Gasteiger partial charge on any atom is -0.370 e. The molecule has 0 aliphatic rings. The van der Waals surface area contributed by atoms with Crippen LogP contribution in [0.4, 0.5) is 0 Å². The molecule has 0 saturated carbocycles. The fourth-order valence-electron chi connectivity index (χ4n) is 2.86. The van der Waals surface area contributed by atoms with Gasteiger partial charge in [0.05, 0.1) is 9.11 Å². The van der Waals surface area contributed by atoms with Gasteiger partial charge in [-0.15, -0.1) is 0 Å². The lowest BCUT2D eigenvalue weighted by molar-refractivity contribution is 0.0953. The van der Waals surface area contributed by atoms with Gasteiger partial charge in [-0.2, -0.15) is 4.98 Å². The predicted octanol–water partition coefficient (Wildman–Crippen LogP) is 1.78. The summed E-state index contributed by atoms with van der Waals surface area (Å²) in [5.74, 6) is -0.166. The van der Waals surface area contributed by atoms with Gasteiger partial charge in [0, 0.05) is 35.9 Å². The second-order valence-electron chi connectivity index (χ2n) is 7.32. The van der Waals surface area contributed by atoms with Crippen molar-refractivity contribution in [1.82, 2.24) is 19.9 Å². The predicted molar refractivity (Wildman–Crippen MR) is 126 cm³/mol. The van der Waals surface area contributed by atoms with Gasteiger partial charge in [0.15, 0.2) is 5.96 Å². The van der Waals surface area contributed by atoms with Crippen molar-refractivity contribution in [2.45, 2.75) is 23.7 Å². The summed E-state index contributed by atoms with van der Waals surface area (Å²) in [6.45, 7) is 5.07. The van der Waals surface area contributed by atoms with E-state index in [4.69, 9.17) is 11.5 Å². The van der Waals surface area contributed by atoms with Crippen molar-refractivity contribution < 1.29 is 4.79 Å². The van der Waals surface area contributed by atoms with E-state index in [0.29, 0.717) is 36.4 Å². The lowest BCUT2D eigenvalue weighted by Crippen LogP contribution is -2.26. The quantitative estimate of drug-likeness (QED) is 0.123. The van der Waals surface area contributed by atoms with Gasteiger partial charge in [-0.05, 0) is 50.6 Å². The number of nitrogens with one attached hydrogen (secondary N) is 2. The van der Waals surface area contributed by atoms with Gasteiger partial charge in [-0.1, -0.05) is 22.6 Å². The monoisotopic (exact) mass is 521 g/mol. The molecular weight excluding hydrogens is 497 g/mol. The number of fused-ring (bicyclic) bond motifs is 1. The van der Waals surface area contributed by atoms with Crippen molar-refractivity contribution >= 4 is 45.5 Å². The van der Waals surface area contributed by atoms with Crippen LogP contribution in [0.25, 0.3) is 16.7 Å². The summed E-state index contributed by atoms with van der Waals surface area (Å²) >= 11 is 2.33. The molecule has 10 heteroatoms. The molecule has 6 N–H and O–H groups in total. The summed E-state index contributed by atoms with van der Waals surface area (Å²) in [4.78, 5) is 36.0. The highest BCUT2D eigenvalue weighted by Gasteiger charge is 2.19. The molecule has 2 heterocycles. The Hall–Kier alpha value is -2.89. The molecule has 2 aromatic heterocycles. The van der Waals surface area contributed by atoms with Gasteiger partial charge in [-0.3, -0.25) is 14.4 Å². The van der Waals surface area contributed by atoms with Gasteiger partial charge < -0.3 is 21.8 Å². The molecule has 9 nitrogen and oxygen atoms in total. The molecule has 3 aromatic rings. The third kappa shape index (κ3) is 5.17. The highest BCUT2D eigenvalue weighted by Crippen LogP contribution is 2.31. The maximum Gasteiger partial charge on any atom is 0.354 e. The number of aromatic amines is 1. The largest absolute Gasteiger partial charge is 0.370 e. The fraction of sp³-hybridized carbons (Fsp3) is 0.300. The van der Waals surface area contributed by atoms with Crippen LogP contribution in [0.2, 0.25) is 0 Å². The summed E-state index contributed by atoms with van der Waals surface area (Å²) in [5, 5.41) is 3.65. The second kappa shape index (κ2) is 8.86. The molecule has 158 valence electrons. The van der Waals surface area contributed by atoms with Crippen LogP contribution in [-0.4, -0.2) is 39.5 Å². The zero-order valence-electron chi connectivity index (χ0n) is 16.8. The number of aromatic nitrogens is 3. The number of alkyl halides is 1. The minimum atomic E-state index is -0.390. The van der Waals surface area contributed by atoms with Gasteiger partial charge in [0.25, 0.3) is 5.91 Å². The molecule has 0 atom stereocenters. The average Bonchev–Trinajstić information content (AvgIpc) is 3.10. The first-order chi connectivity index (χ1) is 14.1. The molecule has 0 bridgehead atoms. The number of hydrogen-bond donors (Lipinski definition) is 4. The topological polar surface area (TPSA) is 144 Å². The molecule has 1 amide bonds. The molecule has 0 aliphatic carbocycles. The number of guanidine groups is 1. The maximum atomic E-state index is 12.5. The Bertz CT molecular complexity index is 1140. The third-order valence-corrected chi connectivity index (χ3v) is 5.05. The Morgan fingerprint density at radius 2 is 2.00 bits per heavy atom. The summed E-state index contributed by atoms with van der Waals surface area (Å²) in [6, 6.07) is 8.79. The number of hydrogen-bond acceptors (Lipinski definition) is 4. The first kappa shape index (κ1) is 21.8. The molecular formula is C20H24IN7O2. The number of benzene rings is 1. The number of amides is 1. The lowest BCUT2D eigenvalue weighted by atomic mass is 10.1. The number of halogens is 1. The summed E-state index contributed by atoms with van der Waals surface area (Å²) < 4.78 is 1.36. The first-order valence-corrected chi connectivity index (χ1v) is 10.5. The van der Waals surface area contributed by atoms with E-state index >= 15 is 0 Å². The maximum absolute atomic E-state index is 12.5. The summed E-state index contributed by atoms with van der Waals surface area (Å²) in [5.41, 5.74) is 12.8. The number of nitrogens with zero attached hydrogens (tertiary/aromatic N) is 3. The van der Waals surface area contributed by atoms with E-state index < -0.39 is 0 Å². The van der Waals surface area contributed by atoms with E-state index in [1.165, 1.54) is 4.57 Å². The standard InChI is InChI=1S/C20H24IN7O2/c1-20(2,21)15-10-13-11-28(19(30)27-16(13)26-15)14-6-4-12(5-7-14)17(29)24-8-3-9-25-18(22)23/h4-7,10-11H,3,8-9H2,1-2H3,(H,24,29)(H4,22,23,25)(H,26,27,30). The molecule has 0 fully saturated rings. The van der Waals surface area contributed by atoms with E-state index in [9.17, 15) is 9.59 Å². The second-order valence-corrected chi connectivity index (χ2v) is 10.0. The average molecular weight is 521 g/mol. The van der Waals surface area contributed by atoms with Crippen LogP contribution < -0.4 is 22.5 Å². The molecule has 3 rings (SSSR count). The summed E-state index contributed by atoms with van der Waals surface area (Å²) in [6.07, 6.45) is 2.39. The number of H-pyrrole nitrogens is 1. The Labute approximate surface area is 187 Å².